The lowest BCUT2D eigenvalue weighted by Crippen LogP contribution is -2.33. The molecule has 0 aliphatic heterocycles. The molecule has 1 saturated carbocycles. The fourth-order valence-corrected chi connectivity index (χ4v) is 2.13. The highest BCUT2D eigenvalue weighted by atomic mass is 16.3. The lowest BCUT2D eigenvalue weighted by molar-refractivity contribution is 0.0957. The van der Waals surface area contributed by atoms with Gasteiger partial charge >= 0.3 is 0 Å². The van der Waals surface area contributed by atoms with Crippen LogP contribution in [0.2, 0.25) is 0 Å². The third-order valence-corrected chi connectivity index (χ3v) is 3.21. The Morgan fingerprint density at radius 3 is 2.65 bits per heavy atom. The van der Waals surface area contributed by atoms with E-state index in [0.29, 0.717) is 24.8 Å². The molecule has 94 valence electrons. The molecule has 1 aliphatic rings. The standard InChI is InChI=1S/C13H20N2O2/c14-12-4-2-1-3-11(12)13(17)9-15(7-8-16)10-5-6-10/h1-4,10,13,16-17H,5-9,14H2. The van der Waals surface area contributed by atoms with Crippen molar-refractivity contribution in [2.45, 2.75) is 25.0 Å². The zero-order valence-electron chi connectivity index (χ0n) is 9.92. The van der Waals surface area contributed by atoms with E-state index in [4.69, 9.17) is 10.8 Å². The molecule has 0 aromatic heterocycles. The van der Waals surface area contributed by atoms with E-state index in [9.17, 15) is 5.11 Å². The van der Waals surface area contributed by atoms with Gasteiger partial charge in [-0.3, -0.25) is 4.90 Å². The van der Waals surface area contributed by atoms with Crippen LogP contribution in [0.1, 0.15) is 24.5 Å². The summed E-state index contributed by atoms with van der Waals surface area (Å²) in [6, 6.07) is 7.91. The first-order valence-corrected chi connectivity index (χ1v) is 6.09. The van der Waals surface area contributed by atoms with E-state index < -0.39 is 6.10 Å². The molecule has 1 aromatic carbocycles. The minimum absolute atomic E-state index is 0.132. The highest BCUT2D eigenvalue weighted by Crippen LogP contribution is 2.29. The SMILES string of the molecule is Nc1ccccc1C(O)CN(CCO)C1CC1. The maximum Gasteiger partial charge on any atom is 0.0936 e. The summed E-state index contributed by atoms with van der Waals surface area (Å²) in [4.78, 5) is 2.14. The third kappa shape index (κ3) is 3.19. The molecule has 0 radical (unpaired) electrons. The molecule has 1 unspecified atom stereocenters. The number of aliphatic hydroxyl groups is 2. The largest absolute Gasteiger partial charge is 0.398 e. The molecule has 0 bridgehead atoms. The fraction of sp³-hybridized carbons (Fsp3) is 0.538. The van der Waals surface area contributed by atoms with Gasteiger partial charge in [0.25, 0.3) is 0 Å². The van der Waals surface area contributed by atoms with E-state index in [1.54, 1.807) is 6.07 Å². The van der Waals surface area contributed by atoms with Gasteiger partial charge in [0.1, 0.15) is 0 Å². The molecular formula is C13H20N2O2. The van der Waals surface area contributed by atoms with E-state index >= 15 is 0 Å². The van der Waals surface area contributed by atoms with Gasteiger partial charge in [-0.2, -0.15) is 0 Å². The summed E-state index contributed by atoms with van der Waals surface area (Å²) in [6.45, 7) is 1.29. The van der Waals surface area contributed by atoms with Crippen LogP contribution >= 0.6 is 0 Å². The molecule has 1 aliphatic carbocycles. The Kier molecular flexibility index (Phi) is 3.99. The maximum absolute atomic E-state index is 10.2. The second-order valence-corrected chi connectivity index (χ2v) is 4.59. The first-order chi connectivity index (χ1) is 8.22. The predicted molar refractivity (Wildman–Crippen MR) is 67.5 cm³/mol. The topological polar surface area (TPSA) is 69.7 Å². The monoisotopic (exact) mass is 236 g/mol. The van der Waals surface area contributed by atoms with E-state index in [1.165, 1.54) is 0 Å². The highest BCUT2D eigenvalue weighted by molar-refractivity contribution is 5.47. The number of para-hydroxylation sites is 1. The summed E-state index contributed by atoms with van der Waals surface area (Å²) < 4.78 is 0. The van der Waals surface area contributed by atoms with Crippen LogP contribution in [-0.4, -0.2) is 40.9 Å². The Hall–Kier alpha value is -1.10. The molecular weight excluding hydrogens is 216 g/mol. The summed E-state index contributed by atoms with van der Waals surface area (Å²) in [5.74, 6) is 0. The van der Waals surface area contributed by atoms with Gasteiger partial charge in [-0.1, -0.05) is 18.2 Å². The molecule has 0 spiro atoms. The molecule has 1 aromatic rings. The summed E-state index contributed by atoms with van der Waals surface area (Å²) in [6.07, 6.45) is 1.75. The second-order valence-electron chi connectivity index (χ2n) is 4.59. The molecule has 4 nitrogen and oxygen atoms in total. The van der Waals surface area contributed by atoms with Crippen molar-refractivity contribution in [3.8, 4) is 0 Å². The van der Waals surface area contributed by atoms with E-state index in [1.807, 2.05) is 18.2 Å². The average Bonchev–Trinajstić information content (AvgIpc) is 3.12. The van der Waals surface area contributed by atoms with Crippen molar-refractivity contribution in [3.63, 3.8) is 0 Å². The van der Waals surface area contributed by atoms with Crippen LogP contribution < -0.4 is 5.73 Å². The van der Waals surface area contributed by atoms with Gasteiger partial charge < -0.3 is 15.9 Å². The molecule has 1 atom stereocenters. The molecule has 1 fully saturated rings. The van der Waals surface area contributed by atoms with Crippen molar-refractivity contribution in [2.24, 2.45) is 0 Å². The number of aliphatic hydroxyl groups excluding tert-OH is 2. The summed E-state index contributed by atoms with van der Waals surface area (Å²) >= 11 is 0. The van der Waals surface area contributed by atoms with Crippen LogP contribution in [0, 0.1) is 0 Å². The Morgan fingerprint density at radius 2 is 2.06 bits per heavy atom. The van der Waals surface area contributed by atoms with Crippen molar-refractivity contribution in [3.05, 3.63) is 29.8 Å². The van der Waals surface area contributed by atoms with Crippen LogP contribution in [-0.2, 0) is 0 Å². The Morgan fingerprint density at radius 1 is 1.35 bits per heavy atom. The fourth-order valence-electron chi connectivity index (χ4n) is 2.13. The van der Waals surface area contributed by atoms with Crippen molar-refractivity contribution in [2.75, 3.05) is 25.4 Å². The normalized spacial score (nSPS) is 17.4. The van der Waals surface area contributed by atoms with Crippen LogP contribution in [0.25, 0.3) is 0 Å². The number of hydrogen-bond acceptors (Lipinski definition) is 4. The van der Waals surface area contributed by atoms with Gasteiger partial charge in [0.2, 0.25) is 0 Å². The second kappa shape index (κ2) is 5.49. The number of nitrogens with two attached hydrogens (primary N) is 1. The smallest absolute Gasteiger partial charge is 0.0936 e. The van der Waals surface area contributed by atoms with E-state index in [0.717, 1.165) is 18.4 Å². The zero-order chi connectivity index (χ0) is 12.3. The van der Waals surface area contributed by atoms with Gasteiger partial charge in [0.05, 0.1) is 12.7 Å². The molecule has 4 heteroatoms. The first kappa shape index (κ1) is 12.4. The minimum atomic E-state index is -0.580. The number of rotatable bonds is 6. The summed E-state index contributed by atoms with van der Waals surface area (Å²) in [5.41, 5.74) is 7.23. The van der Waals surface area contributed by atoms with Gasteiger partial charge in [0, 0.05) is 30.4 Å². The molecule has 0 amide bonds. The Bertz CT molecular complexity index is 366. The first-order valence-electron chi connectivity index (χ1n) is 6.09. The predicted octanol–water partition coefficient (Wildman–Crippen LogP) is 0.759. The van der Waals surface area contributed by atoms with Crippen molar-refractivity contribution in [1.29, 1.82) is 0 Å². The van der Waals surface area contributed by atoms with Crippen molar-refractivity contribution in [1.82, 2.24) is 4.90 Å². The van der Waals surface area contributed by atoms with E-state index in [2.05, 4.69) is 4.90 Å². The lowest BCUT2D eigenvalue weighted by atomic mass is 10.1. The Labute approximate surface area is 102 Å². The number of anilines is 1. The number of benzene rings is 1. The summed E-state index contributed by atoms with van der Waals surface area (Å²) in [5, 5.41) is 19.2. The van der Waals surface area contributed by atoms with Gasteiger partial charge in [-0.25, -0.2) is 0 Å². The molecule has 4 N–H and O–H groups in total. The van der Waals surface area contributed by atoms with Gasteiger partial charge in [-0.15, -0.1) is 0 Å². The minimum Gasteiger partial charge on any atom is -0.398 e. The number of hydrogen-bond donors (Lipinski definition) is 3. The average molecular weight is 236 g/mol. The molecule has 17 heavy (non-hydrogen) atoms. The van der Waals surface area contributed by atoms with Crippen LogP contribution in [0.3, 0.4) is 0 Å². The maximum atomic E-state index is 10.2. The molecule has 2 rings (SSSR count). The van der Waals surface area contributed by atoms with Crippen molar-refractivity contribution >= 4 is 5.69 Å². The molecule has 0 heterocycles. The van der Waals surface area contributed by atoms with E-state index in [-0.39, 0.29) is 6.61 Å². The molecule has 0 saturated heterocycles. The van der Waals surface area contributed by atoms with Crippen LogP contribution in [0.15, 0.2) is 24.3 Å². The zero-order valence-corrected chi connectivity index (χ0v) is 9.92. The lowest BCUT2D eigenvalue weighted by Gasteiger charge is -2.24. The van der Waals surface area contributed by atoms with Crippen molar-refractivity contribution < 1.29 is 10.2 Å². The third-order valence-electron chi connectivity index (χ3n) is 3.21. The number of nitrogens with zero attached hydrogens (tertiary/aromatic N) is 1. The van der Waals surface area contributed by atoms with Crippen LogP contribution in [0.4, 0.5) is 5.69 Å². The van der Waals surface area contributed by atoms with Gasteiger partial charge in [-0.05, 0) is 18.9 Å². The Balaban J connectivity index is 1.99. The quantitative estimate of drug-likeness (QED) is 0.638. The van der Waals surface area contributed by atoms with Crippen LogP contribution in [0.5, 0.6) is 0 Å². The number of nitrogen functional groups attached to an aromatic ring is 1. The summed E-state index contributed by atoms with van der Waals surface area (Å²) in [7, 11) is 0. The van der Waals surface area contributed by atoms with Gasteiger partial charge in [0.15, 0.2) is 0 Å². The highest BCUT2D eigenvalue weighted by Gasteiger charge is 2.30.